The van der Waals surface area contributed by atoms with Gasteiger partial charge in [0.05, 0.1) is 23.4 Å². The maximum atomic E-state index is 12.3. The van der Waals surface area contributed by atoms with Gasteiger partial charge in [-0.1, -0.05) is 11.6 Å². The summed E-state index contributed by atoms with van der Waals surface area (Å²) < 4.78 is 36.9. The fourth-order valence-corrected chi connectivity index (χ4v) is 1.12. The van der Waals surface area contributed by atoms with Gasteiger partial charge >= 0.3 is 6.18 Å². The second kappa shape index (κ2) is 5.98. The predicted molar refractivity (Wildman–Crippen MR) is 59.5 cm³/mol. The predicted octanol–water partition coefficient (Wildman–Crippen LogP) is 1.50. The van der Waals surface area contributed by atoms with Crippen LogP contribution in [-0.2, 0) is 6.18 Å². The van der Waals surface area contributed by atoms with E-state index in [4.69, 9.17) is 21.8 Å². The van der Waals surface area contributed by atoms with E-state index in [1.807, 2.05) is 0 Å². The van der Waals surface area contributed by atoms with Crippen molar-refractivity contribution in [1.29, 1.82) is 0 Å². The van der Waals surface area contributed by atoms with Crippen molar-refractivity contribution in [2.24, 2.45) is 5.10 Å². The lowest BCUT2D eigenvalue weighted by atomic mass is 10.3. The number of nitrogens with one attached hydrogen (secondary N) is 1. The fourth-order valence-electron chi connectivity index (χ4n) is 0.907. The number of pyridine rings is 1. The maximum absolute atomic E-state index is 12.3. The maximum Gasteiger partial charge on any atom is 0.417 e. The van der Waals surface area contributed by atoms with Gasteiger partial charge in [0.2, 0.25) is 0 Å². The molecule has 0 radical (unpaired) electrons. The SMILES string of the molecule is OCC(O)/C=N/Nc1ncc(C(F)(F)F)cc1Cl. The Morgan fingerprint density at radius 1 is 1.56 bits per heavy atom. The topological polar surface area (TPSA) is 77.7 Å². The van der Waals surface area contributed by atoms with Crippen molar-refractivity contribution in [1.82, 2.24) is 4.98 Å². The highest BCUT2D eigenvalue weighted by atomic mass is 35.5. The van der Waals surface area contributed by atoms with Crippen LogP contribution in [0, 0.1) is 0 Å². The van der Waals surface area contributed by atoms with Gasteiger partial charge < -0.3 is 10.2 Å². The third kappa shape index (κ3) is 4.13. The minimum atomic E-state index is -4.52. The molecule has 5 nitrogen and oxygen atoms in total. The summed E-state index contributed by atoms with van der Waals surface area (Å²) in [6.45, 7) is -0.528. The summed E-state index contributed by atoms with van der Waals surface area (Å²) in [7, 11) is 0. The van der Waals surface area contributed by atoms with Crippen LogP contribution in [0.25, 0.3) is 0 Å². The van der Waals surface area contributed by atoms with E-state index >= 15 is 0 Å². The minimum Gasteiger partial charge on any atom is -0.393 e. The molecule has 1 heterocycles. The molecule has 1 aromatic rings. The largest absolute Gasteiger partial charge is 0.417 e. The van der Waals surface area contributed by atoms with Gasteiger partial charge in [0.25, 0.3) is 0 Å². The zero-order chi connectivity index (χ0) is 13.8. The third-order valence-corrected chi connectivity index (χ3v) is 2.06. The van der Waals surface area contributed by atoms with Crippen molar-refractivity contribution in [3.8, 4) is 0 Å². The van der Waals surface area contributed by atoms with Crippen molar-refractivity contribution >= 4 is 23.6 Å². The van der Waals surface area contributed by atoms with Crippen LogP contribution < -0.4 is 5.43 Å². The summed E-state index contributed by atoms with van der Waals surface area (Å²) in [5.74, 6) is -0.0916. The Morgan fingerprint density at radius 2 is 2.22 bits per heavy atom. The molecule has 9 heteroatoms. The van der Waals surface area contributed by atoms with Crippen molar-refractivity contribution < 1.29 is 23.4 Å². The average Bonchev–Trinajstić information content (AvgIpc) is 2.29. The standard InChI is InChI=1S/C9H9ClF3N3O2/c10-7-1-5(9(11,12)13)2-14-8(7)16-15-3-6(18)4-17/h1-3,6,17-18H,4H2,(H,14,16)/b15-3+. The quantitative estimate of drug-likeness (QED) is 0.578. The Balaban J connectivity index is 2.78. The van der Waals surface area contributed by atoms with E-state index in [0.29, 0.717) is 12.3 Å². The molecule has 0 fully saturated rings. The second-order valence-corrected chi connectivity index (χ2v) is 3.60. The number of anilines is 1. The molecule has 1 atom stereocenters. The van der Waals surface area contributed by atoms with Gasteiger partial charge in [0, 0.05) is 6.20 Å². The van der Waals surface area contributed by atoms with E-state index in [0.717, 1.165) is 6.21 Å². The van der Waals surface area contributed by atoms with E-state index in [-0.39, 0.29) is 10.8 Å². The van der Waals surface area contributed by atoms with E-state index in [2.05, 4.69) is 15.5 Å². The first-order valence-corrected chi connectivity index (χ1v) is 5.03. The Morgan fingerprint density at radius 3 is 2.72 bits per heavy atom. The molecule has 0 aromatic carbocycles. The zero-order valence-electron chi connectivity index (χ0n) is 8.82. The van der Waals surface area contributed by atoms with E-state index in [9.17, 15) is 13.2 Å². The van der Waals surface area contributed by atoms with Crippen molar-refractivity contribution in [2.45, 2.75) is 12.3 Å². The number of rotatable bonds is 4. The molecule has 0 amide bonds. The Hall–Kier alpha value is -1.38. The normalized spacial score (nSPS) is 13.9. The molecule has 1 aromatic heterocycles. The molecule has 18 heavy (non-hydrogen) atoms. The summed E-state index contributed by atoms with van der Waals surface area (Å²) in [5, 5.41) is 20.6. The number of nitrogens with zero attached hydrogens (tertiary/aromatic N) is 2. The zero-order valence-corrected chi connectivity index (χ0v) is 9.57. The summed E-state index contributed by atoms with van der Waals surface area (Å²) in [5.41, 5.74) is 1.27. The number of aliphatic hydroxyl groups is 2. The number of halogens is 4. The molecule has 0 aliphatic heterocycles. The Kier molecular flexibility index (Phi) is 4.88. The number of aromatic nitrogens is 1. The van der Waals surface area contributed by atoms with Crippen LogP contribution in [0.1, 0.15) is 5.56 Å². The third-order valence-electron chi connectivity index (χ3n) is 1.77. The number of alkyl halides is 3. The van der Waals surface area contributed by atoms with Crippen LogP contribution in [0.2, 0.25) is 5.02 Å². The van der Waals surface area contributed by atoms with E-state index < -0.39 is 24.5 Å². The van der Waals surface area contributed by atoms with Crippen LogP contribution in [-0.4, -0.2) is 34.1 Å². The summed E-state index contributed by atoms with van der Waals surface area (Å²) in [6, 6.07) is 0.703. The molecule has 0 saturated heterocycles. The lowest BCUT2D eigenvalue weighted by molar-refractivity contribution is -0.137. The lowest BCUT2D eigenvalue weighted by Crippen LogP contribution is -2.14. The molecule has 1 rings (SSSR count). The molecule has 0 spiro atoms. The number of aliphatic hydroxyl groups excluding tert-OH is 2. The van der Waals surface area contributed by atoms with Crippen LogP contribution in [0.3, 0.4) is 0 Å². The molecule has 0 saturated carbocycles. The Bertz CT molecular complexity index is 440. The van der Waals surface area contributed by atoms with Crippen LogP contribution in [0.5, 0.6) is 0 Å². The summed E-state index contributed by atoms with van der Waals surface area (Å²) in [6.07, 6.45) is -4.14. The molecule has 0 aliphatic rings. The molecular weight excluding hydrogens is 275 g/mol. The van der Waals surface area contributed by atoms with Crippen molar-refractivity contribution in [3.63, 3.8) is 0 Å². The molecular formula is C9H9ClF3N3O2. The summed E-state index contributed by atoms with van der Waals surface area (Å²) >= 11 is 5.57. The number of hydrazone groups is 1. The van der Waals surface area contributed by atoms with Gasteiger partial charge in [-0.2, -0.15) is 18.3 Å². The van der Waals surface area contributed by atoms with E-state index in [1.54, 1.807) is 0 Å². The lowest BCUT2D eigenvalue weighted by Gasteiger charge is -2.08. The first kappa shape index (κ1) is 14.7. The minimum absolute atomic E-state index is 0.0916. The van der Waals surface area contributed by atoms with Crippen molar-refractivity contribution in [3.05, 3.63) is 22.8 Å². The van der Waals surface area contributed by atoms with E-state index in [1.165, 1.54) is 0 Å². The molecule has 1 unspecified atom stereocenters. The smallest absolute Gasteiger partial charge is 0.393 e. The van der Waals surface area contributed by atoms with Gasteiger partial charge in [-0.15, -0.1) is 0 Å². The number of hydrogen-bond acceptors (Lipinski definition) is 5. The van der Waals surface area contributed by atoms with Crippen LogP contribution in [0.4, 0.5) is 19.0 Å². The van der Waals surface area contributed by atoms with Gasteiger partial charge in [-0.25, -0.2) is 4.98 Å². The van der Waals surface area contributed by atoms with Crippen LogP contribution in [0.15, 0.2) is 17.4 Å². The van der Waals surface area contributed by atoms with Gasteiger partial charge in [0.1, 0.15) is 6.10 Å². The molecule has 100 valence electrons. The van der Waals surface area contributed by atoms with Gasteiger partial charge in [-0.3, -0.25) is 5.43 Å². The molecule has 0 aliphatic carbocycles. The highest BCUT2D eigenvalue weighted by molar-refractivity contribution is 6.32. The van der Waals surface area contributed by atoms with Crippen LogP contribution >= 0.6 is 11.6 Å². The monoisotopic (exact) mass is 283 g/mol. The molecule has 3 N–H and O–H groups in total. The first-order valence-electron chi connectivity index (χ1n) is 4.65. The number of hydrogen-bond donors (Lipinski definition) is 3. The highest BCUT2D eigenvalue weighted by Gasteiger charge is 2.31. The second-order valence-electron chi connectivity index (χ2n) is 3.19. The summed E-state index contributed by atoms with van der Waals surface area (Å²) in [4.78, 5) is 3.45. The van der Waals surface area contributed by atoms with Gasteiger partial charge in [-0.05, 0) is 6.07 Å². The fraction of sp³-hybridized carbons (Fsp3) is 0.333. The average molecular weight is 284 g/mol. The first-order chi connectivity index (χ1) is 8.34. The molecule has 0 bridgehead atoms. The van der Waals surface area contributed by atoms with Gasteiger partial charge in [0.15, 0.2) is 5.82 Å². The highest BCUT2D eigenvalue weighted by Crippen LogP contribution is 2.32. The Labute approximate surface area is 105 Å². The van der Waals surface area contributed by atoms with Crippen molar-refractivity contribution in [2.75, 3.05) is 12.0 Å².